The third-order valence-corrected chi connectivity index (χ3v) is 5.34. The third kappa shape index (κ3) is 3.71. The molecular formula is C19H21N3O4S. The second-order valence-electron chi connectivity index (χ2n) is 6.09. The van der Waals surface area contributed by atoms with E-state index in [0.29, 0.717) is 34.6 Å². The lowest BCUT2D eigenvalue weighted by atomic mass is 9.86. The van der Waals surface area contributed by atoms with Gasteiger partial charge in [-0.15, -0.1) is 6.58 Å². The van der Waals surface area contributed by atoms with Gasteiger partial charge in [-0.1, -0.05) is 23.9 Å². The van der Waals surface area contributed by atoms with Gasteiger partial charge in [0.05, 0.1) is 12.2 Å². The zero-order chi connectivity index (χ0) is 19.6. The average molecular weight is 387 g/mol. The van der Waals surface area contributed by atoms with Crippen LogP contribution in [0, 0.1) is 0 Å². The fraction of sp³-hybridized carbons (Fsp3) is 0.316. The Morgan fingerprint density at radius 3 is 2.96 bits per heavy atom. The van der Waals surface area contributed by atoms with Crippen LogP contribution in [0.4, 0.5) is 5.82 Å². The minimum Gasteiger partial charge on any atom is -0.504 e. The maximum Gasteiger partial charge on any atom is 0.279 e. The summed E-state index contributed by atoms with van der Waals surface area (Å²) in [7, 11) is 1.77. The highest BCUT2D eigenvalue weighted by Gasteiger charge is 2.32. The Labute approximate surface area is 161 Å². The molecule has 0 spiro atoms. The molecule has 2 heterocycles. The van der Waals surface area contributed by atoms with Crippen LogP contribution in [0.15, 0.2) is 40.8 Å². The molecule has 1 aliphatic rings. The summed E-state index contributed by atoms with van der Waals surface area (Å²) in [5.41, 5.74) is 0.789. The summed E-state index contributed by atoms with van der Waals surface area (Å²) in [6.07, 6.45) is 1.85. The largest absolute Gasteiger partial charge is 0.504 e. The molecule has 0 aliphatic carbocycles. The van der Waals surface area contributed by atoms with E-state index in [1.807, 2.05) is 6.92 Å². The molecule has 142 valence electrons. The average Bonchev–Trinajstić information content (AvgIpc) is 2.64. The predicted octanol–water partition coefficient (Wildman–Crippen LogP) is 2.64. The van der Waals surface area contributed by atoms with Crippen LogP contribution in [-0.2, 0) is 11.8 Å². The first-order chi connectivity index (χ1) is 13.0. The molecule has 0 saturated carbocycles. The zero-order valence-electron chi connectivity index (χ0n) is 15.2. The van der Waals surface area contributed by atoms with Crippen LogP contribution < -0.4 is 15.6 Å². The lowest BCUT2D eigenvalue weighted by molar-refractivity contribution is -0.116. The zero-order valence-corrected chi connectivity index (χ0v) is 16.0. The molecule has 3 rings (SSSR count). The molecule has 1 aliphatic heterocycles. The minimum absolute atomic E-state index is 0.0169. The van der Waals surface area contributed by atoms with Crippen molar-refractivity contribution < 1.29 is 14.6 Å². The molecular weight excluding hydrogens is 366 g/mol. The molecule has 0 saturated heterocycles. The first-order valence-corrected chi connectivity index (χ1v) is 9.55. The number of fused-ring (bicyclic) bond motifs is 1. The number of aromatic nitrogens is 2. The molecule has 1 atom stereocenters. The number of thioether (sulfide) groups is 1. The maximum absolute atomic E-state index is 12.8. The Morgan fingerprint density at radius 1 is 1.48 bits per heavy atom. The number of phenolic OH excluding ortho intramolecular Hbond substituents is 1. The molecule has 27 heavy (non-hydrogen) atoms. The monoisotopic (exact) mass is 387 g/mol. The van der Waals surface area contributed by atoms with Gasteiger partial charge in [0.2, 0.25) is 5.91 Å². The predicted molar refractivity (Wildman–Crippen MR) is 105 cm³/mol. The van der Waals surface area contributed by atoms with Gasteiger partial charge in [0.25, 0.3) is 5.56 Å². The van der Waals surface area contributed by atoms with Crippen molar-refractivity contribution in [3.05, 3.63) is 52.3 Å². The van der Waals surface area contributed by atoms with Gasteiger partial charge < -0.3 is 19.7 Å². The Bertz CT molecular complexity index is 955. The Morgan fingerprint density at radius 2 is 2.26 bits per heavy atom. The van der Waals surface area contributed by atoms with Gasteiger partial charge in [-0.2, -0.15) is 4.98 Å². The van der Waals surface area contributed by atoms with E-state index in [0.717, 1.165) is 5.56 Å². The molecule has 7 nitrogen and oxygen atoms in total. The van der Waals surface area contributed by atoms with E-state index in [1.165, 1.54) is 17.8 Å². The molecule has 0 bridgehead atoms. The highest BCUT2D eigenvalue weighted by Crippen LogP contribution is 2.38. The van der Waals surface area contributed by atoms with E-state index in [9.17, 15) is 14.7 Å². The number of hydrogen-bond acceptors (Lipinski definition) is 6. The van der Waals surface area contributed by atoms with Crippen molar-refractivity contribution in [2.75, 3.05) is 17.7 Å². The van der Waals surface area contributed by atoms with Crippen molar-refractivity contribution in [2.24, 2.45) is 7.05 Å². The van der Waals surface area contributed by atoms with Gasteiger partial charge in [-0.3, -0.25) is 9.59 Å². The second-order valence-corrected chi connectivity index (χ2v) is 7.07. The third-order valence-electron chi connectivity index (χ3n) is 4.32. The van der Waals surface area contributed by atoms with Crippen molar-refractivity contribution in [2.45, 2.75) is 24.4 Å². The molecule has 2 aromatic rings. The lowest BCUT2D eigenvalue weighted by Gasteiger charge is -2.27. The van der Waals surface area contributed by atoms with Gasteiger partial charge in [0.15, 0.2) is 16.7 Å². The topological polar surface area (TPSA) is 93.5 Å². The molecule has 2 N–H and O–H groups in total. The number of carbonyl (C=O) groups is 1. The number of carbonyl (C=O) groups excluding carboxylic acids is 1. The van der Waals surface area contributed by atoms with Gasteiger partial charge >= 0.3 is 0 Å². The summed E-state index contributed by atoms with van der Waals surface area (Å²) in [6.45, 7) is 5.88. The second kappa shape index (κ2) is 7.87. The van der Waals surface area contributed by atoms with Gasteiger partial charge in [0, 0.05) is 25.1 Å². The smallest absolute Gasteiger partial charge is 0.279 e. The van der Waals surface area contributed by atoms with E-state index in [4.69, 9.17) is 4.74 Å². The molecule has 1 amide bonds. The minimum atomic E-state index is -0.460. The van der Waals surface area contributed by atoms with Crippen molar-refractivity contribution in [1.82, 2.24) is 9.55 Å². The number of nitrogens with zero attached hydrogens (tertiary/aromatic N) is 2. The van der Waals surface area contributed by atoms with E-state index < -0.39 is 5.92 Å². The van der Waals surface area contributed by atoms with E-state index >= 15 is 0 Å². The molecule has 1 aromatic heterocycles. The summed E-state index contributed by atoms with van der Waals surface area (Å²) in [6, 6.07) is 4.88. The number of rotatable bonds is 6. The van der Waals surface area contributed by atoms with Crippen LogP contribution in [0.25, 0.3) is 0 Å². The van der Waals surface area contributed by atoms with Crippen LogP contribution in [0.1, 0.15) is 30.4 Å². The SMILES string of the molecule is C=CCSc1nc(=O)c2c(n1C)NC(=O)C[C@@H]2c1ccc(O)c(OCC)c1. The highest BCUT2D eigenvalue weighted by atomic mass is 32.2. The van der Waals surface area contributed by atoms with E-state index in [1.54, 1.807) is 29.8 Å². The van der Waals surface area contributed by atoms with Crippen molar-refractivity contribution in [3.63, 3.8) is 0 Å². The van der Waals surface area contributed by atoms with Gasteiger partial charge in [-0.05, 0) is 24.6 Å². The number of hydrogen-bond donors (Lipinski definition) is 2. The summed E-state index contributed by atoms with van der Waals surface area (Å²) in [5.74, 6) is 0.756. The maximum atomic E-state index is 12.8. The molecule has 0 fully saturated rings. The number of nitrogens with one attached hydrogen (secondary N) is 1. The molecule has 1 aromatic carbocycles. The van der Waals surface area contributed by atoms with Crippen LogP contribution in [-0.4, -0.2) is 32.9 Å². The quantitative estimate of drug-likeness (QED) is 0.450. The Kier molecular flexibility index (Phi) is 5.55. The fourth-order valence-corrected chi connectivity index (χ4v) is 3.80. The molecule has 0 radical (unpaired) electrons. The summed E-state index contributed by atoms with van der Waals surface area (Å²) < 4.78 is 7.16. The number of phenols is 1. The Hall–Kier alpha value is -2.74. The Balaban J connectivity index is 2.12. The van der Waals surface area contributed by atoms with Gasteiger partial charge in [-0.25, -0.2) is 0 Å². The van der Waals surface area contributed by atoms with Crippen LogP contribution in [0.5, 0.6) is 11.5 Å². The standard InChI is InChI=1S/C19H21N3O4S/c1-4-8-27-19-21-18(25)16-12(10-15(24)20-17(16)22(19)3)11-6-7-13(23)14(9-11)26-5-2/h4,6-7,9,12,23H,1,5,8,10H2,2-3H3,(H,20,24)/t12-/m1/s1. The first kappa shape index (κ1) is 19.0. The van der Waals surface area contributed by atoms with Gasteiger partial charge in [0.1, 0.15) is 5.82 Å². The van der Waals surface area contributed by atoms with Crippen molar-refractivity contribution >= 4 is 23.5 Å². The summed E-state index contributed by atoms with van der Waals surface area (Å²) in [5, 5.41) is 13.3. The van der Waals surface area contributed by atoms with Crippen LogP contribution in [0.2, 0.25) is 0 Å². The van der Waals surface area contributed by atoms with Crippen molar-refractivity contribution in [3.8, 4) is 11.5 Å². The fourth-order valence-electron chi connectivity index (χ4n) is 3.10. The van der Waals surface area contributed by atoms with E-state index in [2.05, 4.69) is 16.9 Å². The molecule has 8 heteroatoms. The summed E-state index contributed by atoms with van der Waals surface area (Å²) in [4.78, 5) is 29.3. The highest BCUT2D eigenvalue weighted by molar-refractivity contribution is 7.99. The number of anilines is 1. The lowest BCUT2D eigenvalue weighted by Crippen LogP contribution is -2.33. The molecule has 0 unspecified atom stereocenters. The number of ether oxygens (including phenoxy) is 1. The number of amides is 1. The number of aromatic hydroxyl groups is 1. The normalized spacial score (nSPS) is 15.8. The van der Waals surface area contributed by atoms with Crippen LogP contribution >= 0.6 is 11.8 Å². The summed E-state index contributed by atoms with van der Waals surface area (Å²) >= 11 is 1.37. The van der Waals surface area contributed by atoms with Crippen LogP contribution in [0.3, 0.4) is 0 Å². The number of benzene rings is 1. The first-order valence-electron chi connectivity index (χ1n) is 8.56. The van der Waals surface area contributed by atoms with Crippen molar-refractivity contribution in [1.29, 1.82) is 0 Å². The van der Waals surface area contributed by atoms with E-state index in [-0.39, 0.29) is 23.6 Å².